The highest BCUT2D eigenvalue weighted by atomic mass is 19.4. The number of halogens is 6. The van der Waals surface area contributed by atoms with E-state index in [0.717, 1.165) is 51.9 Å². The third kappa shape index (κ3) is 8.03. The fourth-order valence-electron chi connectivity index (χ4n) is 7.72. The molecule has 4 aliphatic rings. The van der Waals surface area contributed by atoms with Gasteiger partial charge in [-0.25, -0.2) is 0 Å². The first kappa shape index (κ1) is 30.9. The first-order valence-electron chi connectivity index (χ1n) is 14.9. The molecular formula is C28H45F6N3O2. The SMILES string of the molecule is COC1CCCCC1C(C(=O)NCC1CC(C(F)(F)F)CC(C(F)(F)F)C1)N1CCN(C2CCCCC2)CC1. The highest BCUT2D eigenvalue weighted by molar-refractivity contribution is 5.82. The smallest absolute Gasteiger partial charge is 0.381 e. The Labute approximate surface area is 228 Å². The molecule has 5 nitrogen and oxygen atoms in total. The lowest BCUT2D eigenvalue weighted by Crippen LogP contribution is -2.61. The summed E-state index contributed by atoms with van der Waals surface area (Å²) < 4.78 is 86.5. The summed E-state index contributed by atoms with van der Waals surface area (Å²) in [5.74, 6) is -5.21. The first-order valence-corrected chi connectivity index (χ1v) is 14.9. The van der Waals surface area contributed by atoms with E-state index in [4.69, 9.17) is 4.74 Å². The van der Waals surface area contributed by atoms with Crippen molar-refractivity contribution in [3.8, 4) is 0 Å². The van der Waals surface area contributed by atoms with Crippen LogP contribution in [0, 0.1) is 23.7 Å². The summed E-state index contributed by atoms with van der Waals surface area (Å²) in [4.78, 5) is 18.4. The van der Waals surface area contributed by atoms with Crippen molar-refractivity contribution in [1.82, 2.24) is 15.1 Å². The fraction of sp³-hybridized carbons (Fsp3) is 0.964. The topological polar surface area (TPSA) is 44.8 Å². The van der Waals surface area contributed by atoms with E-state index in [0.29, 0.717) is 6.04 Å². The molecule has 1 heterocycles. The Balaban J connectivity index is 1.43. The predicted molar refractivity (Wildman–Crippen MR) is 136 cm³/mol. The monoisotopic (exact) mass is 569 g/mol. The average Bonchev–Trinajstić information content (AvgIpc) is 2.92. The van der Waals surface area contributed by atoms with Crippen LogP contribution in [0.2, 0.25) is 0 Å². The van der Waals surface area contributed by atoms with Crippen molar-refractivity contribution >= 4 is 5.91 Å². The van der Waals surface area contributed by atoms with Crippen LogP contribution in [0.4, 0.5) is 26.3 Å². The van der Waals surface area contributed by atoms with E-state index in [9.17, 15) is 31.1 Å². The molecule has 1 aliphatic heterocycles. The van der Waals surface area contributed by atoms with Gasteiger partial charge in [0.25, 0.3) is 0 Å². The quantitative estimate of drug-likeness (QED) is 0.395. The molecule has 5 unspecified atom stereocenters. The van der Waals surface area contributed by atoms with Gasteiger partial charge in [0.15, 0.2) is 0 Å². The summed E-state index contributed by atoms with van der Waals surface area (Å²) in [6.45, 7) is 3.00. The molecule has 0 radical (unpaired) electrons. The molecule has 226 valence electrons. The summed E-state index contributed by atoms with van der Waals surface area (Å²) in [6, 6.07) is 0.0909. The number of nitrogens with one attached hydrogen (secondary N) is 1. The maximum absolute atomic E-state index is 13.7. The van der Waals surface area contributed by atoms with Crippen molar-refractivity contribution in [3.05, 3.63) is 0 Å². The minimum atomic E-state index is -4.68. The number of carbonyl (C=O) groups excluding carboxylic acids is 1. The highest BCUT2D eigenvalue weighted by Gasteiger charge is 2.52. The number of ether oxygens (including phenoxy) is 1. The van der Waals surface area contributed by atoms with Crippen molar-refractivity contribution in [3.63, 3.8) is 0 Å². The van der Waals surface area contributed by atoms with Crippen LogP contribution in [0.3, 0.4) is 0 Å². The molecule has 3 saturated carbocycles. The van der Waals surface area contributed by atoms with E-state index < -0.39 is 42.6 Å². The molecule has 1 saturated heterocycles. The maximum Gasteiger partial charge on any atom is 0.391 e. The standard InChI is InChI=1S/C28H45F6N3O2/c1-39-24-10-6-5-9-23(24)25(37-13-11-36(12-14-37)22-7-3-2-4-8-22)26(38)35-18-19-15-20(27(29,30)31)17-21(16-19)28(32,33)34/h19-25H,2-18H2,1H3,(H,35,38). The number of hydrogen-bond acceptors (Lipinski definition) is 4. The van der Waals surface area contributed by atoms with Crippen LogP contribution in [0.1, 0.15) is 77.0 Å². The Kier molecular flexibility index (Phi) is 10.5. The van der Waals surface area contributed by atoms with E-state index in [-0.39, 0.29) is 37.3 Å². The number of amides is 1. The molecule has 11 heteroatoms. The number of hydrogen-bond donors (Lipinski definition) is 1. The molecule has 0 aromatic rings. The second-order valence-corrected chi connectivity index (χ2v) is 12.3. The lowest BCUT2D eigenvalue weighted by molar-refractivity contribution is -0.228. The molecule has 1 N–H and O–H groups in total. The second kappa shape index (κ2) is 13.3. The Morgan fingerprint density at radius 3 is 1.95 bits per heavy atom. The van der Waals surface area contributed by atoms with Gasteiger partial charge in [0, 0.05) is 51.8 Å². The lowest BCUT2D eigenvalue weighted by Gasteiger charge is -2.46. The summed E-state index contributed by atoms with van der Waals surface area (Å²) in [6.07, 6.45) is -1.31. The van der Waals surface area contributed by atoms with Gasteiger partial charge in [-0.3, -0.25) is 14.6 Å². The van der Waals surface area contributed by atoms with E-state index >= 15 is 0 Å². The van der Waals surface area contributed by atoms with Gasteiger partial charge < -0.3 is 10.1 Å². The van der Waals surface area contributed by atoms with E-state index in [1.54, 1.807) is 7.11 Å². The molecule has 4 rings (SSSR count). The van der Waals surface area contributed by atoms with Crippen LogP contribution >= 0.6 is 0 Å². The molecule has 39 heavy (non-hydrogen) atoms. The predicted octanol–water partition coefficient (Wildman–Crippen LogP) is 5.78. The van der Waals surface area contributed by atoms with Gasteiger partial charge in [0.05, 0.1) is 24.0 Å². The summed E-state index contributed by atoms with van der Waals surface area (Å²) >= 11 is 0. The van der Waals surface area contributed by atoms with Gasteiger partial charge in [0.2, 0.25) is 5.91 Å². The van der Waals surface area contributed by atoms with Gasteiger partial charge in [0.1, 0.15) is 0 Å². The molecule has 0 spiro atoms. The molecule has 0 bridgehead atoms. The highest BCUT2D eigenvalue weighted by Crippen LogP contribution is 2.47. The fourth-order valence-corrected chi connectivity index (χ4v) is 7.72. The minimum absolute atomic E-state index is 0.0535. The number of carbonyl (C=O) groups is 1. The number of nitrogens with zero attached hydrogens (tertiary/aromatic N) is 2. The Morgan fingerprint density at radius 1 is 0.821 bits per heavy atom. The first-order chi connectivity index (χ1) is 18.5. The summed E-state index contributed by atoms with van der Waals surface area (Å²) in [5, 5.41) is 2.83. The van der Waals surface area contributed by atoms with Gasteiger partial charge in [-0.1, -0.05) is 32.1 Å². The summed E-state index contributed by atoms with van der Waals surface area (Å²) in [5.41, 5.74) is 0. The van der Waals surface area contributed by atoms with E-state index in [1.165, 1.54) is 32.1 Å². The number of rotatable bonds is 7. The van der Waals surface area contributed by atoms with Crippen LogP contribution in [0.5, 0.6) is 0 Å². The molecular weight excluding hydrogens is 524 g/mol. The normalized spacial score (nSPS) is 33.6. The molecule has 4 fully saturated rings. The van der Waals surface area contributed by atoms with Crippen LogP contribution < -0.4 is 5.32 Å². The van der Waals surface area contributed by atoms with Crippen LogP contribution in [-0.4, -0.2) is 86.1 Å². The van der Waals surface area contributed by atoms with Crippen LogP contribution in [0.15, 0.2) is 0 Å². The van der Waals surface area contributed by atoms with Crippen molar-refractivity contribution in [2.45, 2.75) is 108 Å². The van der Waals surface area contributed by atoms with Gasteiger partial charge >= 0.3 is 12.4 Å². The zero-order valence-corrected chi connectivity index (χ0v) is 23.0. The minimum Gasteiger partial charge on any atom is -0.381 e. The maximum atomic E-state index is 13.7. The number of piperazine rings is 1. The second-order valence-electron chi connectivity index (χ2n) is 12.3. The van der Waals surface area contributed by atoms with Crippen molar-refractivity contribution < 1.29 is 35.9 Å². The largest absolute Gasteiger partial charge is 0.391 e. The van der Waals surface area contributed by atoms with Crippen LogP contribution in [-0.2, 0) is 9.53 Å². The van der Waals surface area contributed by atoms with Gasteiger partial charge in [-0.15, -0.1) is 0 Å². The van der Waals surface area contributed by atoms with Crippen molar-refractivity contribution in [2.24, 2.45) is 23.7 Å². The molecule has 3 aliphatic carbocycles. The zero-order chi connectivity index (χ0) is 28.2. The molecule has 0 aromatic carbocycles. The summed E-state index contributed by atoms with van der Waals surface area (Å²) in [7, 11) is 1.65. The van der Waals surface area contributed by atoms with Crippen LogP contribution in [0.25, 0.3) is 0 Å². The number of alkyl halides is 6. The molecule has 5 atom stereocenters. The van der Waals surface area contributed by atoms with E-state index in [1.807, 2.05) is 0 Å². The van der Waals surface area contributed by atoms with Gasteiger partial charge in [-0.05, 0) is 50.9 Å². The van der Waals surface area contributed by atoms with Crippen molar-refractivity contribution in [2.75, 3.05) is 39.8 Å². The number of methoxy groups -OCH3 is 1. The third-order valence-corrected chi connectivity index (χ3v) is 9.86. The van der Waals surface area contributed by atoms with Gasteiger partial charge in [-0.2, -0.15) is 26.3 Å². The Morgan fingerprint density at radius 2 is 1.38 bits per heavy atom. The average molecular weight is 570 g/mol. The Hall–Kier alpha value is -1.07. The van der Waals surface area contributed by atoms with E-state index in [2.05, 4.69) is 15.1 Å². The van der Waals surface area contributed by atoms with Crippen molar-refractivity contribution in [1.29, 1.82) is 0 Å². The lowest BCUT2D eigenvalue weighted by atomic mass is 9.74. The third-order valence-electron chi connectivity index (χ3n) is 9.86. The zero-order valence-electron chi connectivity index (χ0n) is 23.0. The Bertz CT molecular complexity index is 758. The molecule has 1 amide bonds. The molecule has 0 aromatic heterocycles.